The molecule has 30 heavy (non-hydrogen) atoms. The Morgan fingerprint density at radius 1 is 1.00 bits per heavy atom. The first-order chi connectivity index (χ1) is 14.6. The highest BCUT2D eigenvalue weighted by Gasteiger charge is 2.14. The first-order valence-electron chi connectivity index (χ1n) is 9.56. The van der Waals surface area contributed by atoms with Crippen molar-refractivity contribution in [3.63, 3.8) is 0 Å². The highest BCUT2D eigenvalue weighted by molar-refractivity contribution is 9.10. The highest BCUT2D eigenvalue weighted by Crippen LogP contribution is 2.33. The number of methoxy groups -OCH3 is 1. The number of hydrogen-bond donors (Lipinski definition) is 1. The molecule has 0 spiro atoms. The summed E-state index contributed by atoms with van der Waals surface area (Å²) in [6.07, 6.45) is 1.55. The molecule has 1 N–H and O–H groups in total. The van der Waals surface area contributed by atoms with Crippen molar-refractivity contribution in [2.45, 2.75) is 13.8 Å². The van der Waals surface area contributed by atoms with Crippen LogP contribution in [0.15, 0.2) is 58.1 Å². The molecule has 0 fully saturated rings. The van der Waals surface area contributed by atoms with Crippen LogP contribution in [-0.2, 0) is 0 Å². The number of hydrazone groups is 1. The number of carbonyl (C=O) groups is 1. The molecule has 3 rings (SSSR count). The fourth-order valence-electron chi connectivity index (χ4n) is 2.97. The van der Waals surface area contributed by atoms with Gasteiger partial charge in [-0.2, -0.15) is 5.10 Å². The first-order valence-corrected chi connectivity index (χ1v) is 10.4. The maximum Gasteiger partial charge on any atom is 0.275 e. The van der Waals surface area contributed by atoms with Gasteiger partial charge in [-0.1, -0.05) is 24.3 Å². The molecule has 0 saturated heterocycles. The summed E-state index contributed by atoms with van der Waals surface area (Å²) in [6.45, 7) is 4.86. The van der Waals surface area contributed by atoms with Crippen molar-refractivity contribution in [3.05, 3.63) is 64.1 Å². The third kappa shape index (κ3) is 4.91. The molecule has 0 heterocycles. The van der Waals surface area contributed by atoms with Gasteiger partial charge in [0.2, 0.25) is 0 Å². The number of ether oxygens (including phenoxy) is 3. The van der Waals surface area contributed by atoms with Crippen LogP contribution in [0.1, 0.15) is 29.8 Å². The number of amides is 1. The number of halogens is 1. The molecule has 0 atom stereocenters. The molecule has 0 aliphatic rings. The summed E-state index contributed by atoms with van der Waals surface area (Å²) >= 11 is 3.50. The number of nitrogens with one attached hydrogen (secondary N) is 1. The number of benzene rings is 3. The van der Waals surface area contributed by atoms with Gasteiger partial charge >= 0.3 is 0 Å². The van der Waals surface area contributed by atoms with Gasteiger partial charge in [0.15, 0.2) is 11.5 Å². The lowest BCUT2D eigenvalue weighted by molar-refractivity contribution is 0.0952. The van der Waals surface area contributed by atoms with E-state index in [0.717, 1.165) is 20.8 Å². The van der Waals surface area contributed by atoms with E-state index in [1.165, 1.54) is 7.11 Å². The Labute approximate surface area is 184 Å². The zero-order valence-corrected chi connectivity index (χ0v) is 18.7. The highest BCUT2D eigenvalue weighted by atomic mass is 79.9. The molecule has 0 bridgehead atoms. The van der Waals surface area contributed by atoms with E-state index in [0.29, 0.717) is 36.0 Å². The van der Waals surface area contributed by atoms with Crippen LogP contribution in [0.3, 0.4) is 0 Å². The predicted octanol–water partition coefficient (Wildman–Crippen LogP) is 5.17. The second-order valence-corrected chi connectivity index (χ2v) is 7.14. The second kappa shape index (κ2) is 10.1. The summed E-state index contributed by atoms with van der Waals surface area (Å²) in [4.78, 5) is 12.7. The lowest BCUT2D eigenvalue weighted by Gasteiger charge is -2.12. The Kier molecular flexibility index (Phi) is 7.30. The summed E-state index contributed by atoms with van der Waals surface area (Å²) < 4.78 is 17.4. The quantitative estimate of drug-likeness (QED) is 0.364. The summed E-state index contributed by atoms with van der Waals surface area (Å²) in [5.41, 5.74) is 3.72. The number of carbonyl (C=O) groups excluding carboxylic acids is 1. The molecule has 0 saturated carbocycles. The van der Waals surface area contributed by atoms with Crippen molar-refractivity contribution >= 4 is 38.8 Å². The number of rotatable bonds is 8. The lowest BCUT2D eigenvalue weighted by Crippen LogP contribution is -2.18. The molecule has 1 amide bonds. The fraction of sp³-hybridized carbons (Fsp3) is 0.217. The minimum Gasteiger partial charge on any atom is -0.496 e. The van der Waals surface area contributed by atoms with Crippen LogP contribution in [-0.4, -0.2) is 32.4 Å². The van der Waals surface area contributed by atoms with Gasteiger partial charge in [-0.05, 0) is 64.8 Å². The van der Waals surface area contributed by atoms with Gasteiger partial charge in [0.25, 0.3) is 5.91 Å². The molecule has 3 aromatic carbocycles. The van der Waals surface area contributed by atoms with Gasteiger partial charge in [-0.25, -0.2) is 5.43 Å². The van der Waals surface area contributed by atoms with Crippen molar-refractivity contribution in [1.82, 2.24) is 5.43 Å². The summed E-state index contributed by atoms with van der Waals surface area (Å²) in [5, 5.41) is 6.05. The maximum absolute atomic E-state index is 12.7. The first kappa shape index (κ1) is 21.6. The Morgan fingerprint density at radius 3 is 2.27 bits per heavy atom. The molecular formula is C23H23BrN2O4. The maximum atomic E-state index is 12.7. The van der Waals surface area contributed by atoms with Crippen molar-refractivity contribution in [1.29, 1.82) is 0 Å². The van der Waals surface area contributed by atoms with E-state index in [4.69, 9.17) is 14.2 Å². The van der Waals surface area contributed by atoms with Crippen LogP contribution >= 0.6 is 15.9 Å². The van der Waals surface area contributed by atoms with E-state index in [-0.39, 0.29) is 5.91 Å². The van der Waals surface area contributed by atoms with Gasteiger partial charge in [0.05, 0.1) is 32.1 Å². The largest absolute Gasteiger partial charge is 0.496 e. The molecule has 3 aromatic rings. The molecule has 156 valence electrons. The molecule has 6 nitrogen and oxygen atoms in total. The third-order valence-electron chi connectivity index (χ3n) is 4.34. The van der Waals surface area contributed by atoms with Gasteiger partial charge in [-0.3, -0.25) is 4.79 Å². The van der Waals surface area contributed by atoms with E-state index in [1.54, 1.807) is 12.3 Å². The van der Waals surface area contributed by atoms with E-state index >= 15 is 0 Å². The summed E-state index contributed by atoms with van der Waals surface area (Å²) in [7, 11) is 1.54. The lowest BCUT2D eigenvalue weighted by atomic mass is 10.1. The Balaban J connectivity index is 1.82. The number of nitrogens with zero attached hydrogens (tertiary/aromatic N) is 1. The number of fused-ring (bicyclic) bond motifs is 1. The average Bonchev–Trinajstić information content (AvgIpc) is 2.75. The van der Waals surface area contributed by atoms with Crippen LogP contribution in [0.25, 0.3) is 10.8 Å². The van der Waals surface area contributed by atoms with Crippen molar-refractivity contribution in [3.8, 4) is 17.2 Å². The van der Waals surface area contributed by atoms with Crippen molar-refractivity contribution in [2.24, 2.45) is 5.10 Å². The average molecular weight is 471 g/mol. The van der Waals surface area contributed by atoms with E-state index < -0.39 is 0 Å². The van der Waals surface area contributed by atoms with Crippen LogP contribution in [0.4, 0.5) is 0 Å². The molecule has 7 heteroatoms. The zero-order valence-electron chi connectivity index (χ0n) is 17.1. The smallest absolute Gasteiger partial charge is 0.275 e. The Bertz CT molecular complexity index is 1080. The second-order valence-electron chi connectivity index (χ2n) is 6.29. The van der Waals surface area contributed by atoms with Crippen LogP contribution in [0, 0.1) is 0 Å². The van der Waals surface area contributed by atoms with E-state index in [2.05, 4.69) is 26.5 Å². The van der Waals surface area contributed by atoms with Gasteiger partial charge < -0.3 is 14.2 Å². The summed E-state index contributed by atoms with van der Waals surface area (Å²) in [5.74, 6) is 1.39. The SMILES string of the molecule is CCOc1cc(Br)c(/C=N\NC(=O)c2cc3ccccc3cc2OC)cc1OCC. The standard InChI is InChI=1S/C23H23BrN2O4/c1-4-29-21-12-17(19(24)13-22(21)30-5-2)14-25-26-23(27)18-10-15-8-6-7-9-16(15)11-20(18)28-3/h6-14H,4-5H2,1-3H3,(H,26,27)/b25-14-. The fourth-order valence-corrected chi connectivity index (χ4v) is 3.40. The van der Waals surface area contributed by atoms with Crippen LogP contribution in [0.2, 0.25) is 0 Å². The Hall–Kier alpha value is -3.06. The van der Waals surface area contributed by atoms with Gasteiger partial charge in [0, 0.05) is 10.0 Å². The molecule has 0 aliphatic heterocycles. The van der Waals surface area contributed by atoms with Crippen LogP contribution in [0.5, 0.6) is 17.2 Å². The van der Waals surface area contributed by atoms with Gasteiger partial charge in [-0.15, -0.1) is 0 Å². The third-order valence-corrected chi connectivity index (χ3v) is 5.03. The van der Waals surface area contributed by atoms with E-state index in [9.17, 15) is 4.79 Å². The topological polar surface area (TPSA) is 69.2 Å². The number of hydrogen-bond acceptors (Lipinski definition) is 5. The summed E-state index contributed by atoms with van der Waals surface area (Å²) in [6, 6.07) is 15.0. The molecule has 0 unspecified atom stereocenters. The minimum absolute atomic E-state index is 0.360. The minimum atomic E-state index is -0.360. The molecular weight excluding hydrogens is 448 g/mol. The predicted molar refractivity (Wildman–Crippen MR) is 122 cm³/mol. The van der Waals surface area contributed by atoms with Gasteiger partial charge in [0.1, 0.15) is 5.75 Å². The normalized spacial score (nSPS) is 10.9. The zero-order chi connectivity index (χ0) is 21.5. The Morgan fingerprint density at radius 2 is 1.63 bits per heavy atom. The molecule has 0 radical (unpaired) electrons. The van der Waals surface area contributed by atoms with Crippen molar-refractivity contribution < 1.29 is 19.0 Å². The van der Waals surface area contributed by atoms with Crippen molar-refractivity contribution in [2.75, 3.05) is 20.3 Å². The molecule has 0 aromatic heterocycles. The molecule has 0 aliphatic carbocycles. The van der Waals surface area contributed by atoms with Crippen LogP contribution < -0.4 is 19.6 Å². The monoisotopic (exact) mass is 470 g/mol. The van der Waals surface area contributed by atoms with E-state index in [1.807, 2.05) is 56.3 Å².